The zero-order chi connectivity index (χ0) is 13.2. The Hall–Kier alpha value is -0.100. The topological polar surface area (TPSA) is 37.4 Å². The number of sulfonamides is 1. The predicted octanol–water partition coefficient (Wildman–Crippen LogP) is 3.44. The highest BCUT2D eigenvalue weighted by Crippen LogP contribution is 2.31. The molecule has 0 N–H and O–H groups in total. The average molecular weight is 308 g/mol. The van der Waals surface area contributed by atoms with E-state index in [1.807, 2.05) is 6.92 Å². The van der Waals surface area contributed by atoms with E-state index in [1.54, 1.807) is 16.4 Å². The molecule has 0 saturated heterocycles. The van der Waals surface area contributed by atoms with Crippen molar-refractivity contribution in [2.24, 2.45) is 0 Å². The second-order valence-corrected chi connectivity index (χ2v) is 8.05. The van der Waals surface area contributed by atoms with Crippen molar-refractivity contribution in [1.29, 1.82) is 0 Å². The Balaban J connectivity index is 2.27. The summed E-state index contributed by atoms with van der Waals surface area (Å²) in [5.74, 6) is 0.371. The molecule has 6 heteroatoms. The van der Waals surface area contributed by atoms with Crippen LogP contribution in [-0.4, -0.2) is 25.3 Å². The molecule has 18 heavy (non-hydrogen) atoms. The second-order valence-electron chi connectivity index (χ2n) is 4.50. The highest BCUT2D eigenvalue weighted by molar-refractivity contribution is 7.91. The van der Waals surface area contributed by atoms with Gasteiger partial charge in [0.2, 0.25) is 0 Å². The number of hydrogen-bond acceptors (Lipinski definition) is 3. The number of nitrogens with zero attached hydrogens (tertiary/aromatic N) is 1. The molecule has 1 aromatic heterocycles. The van der Waals surface area contributed by atoms with E-state index in [9.17, 15) is 8.42 Å². The van der Waals surface area contributed by atoms with Gasteiger partial charge in [0.1, 0.15) is 4.21 Å². The minimum absolute atomic E-state index is 0.182. The summed E-state index contributed by atoms with van der Waals surface area (Å²) in [7, 11) is -3.33. The summed E-state index contributed by atoms with van der Waals surface area (Å²) in [4.78, 5) is 0.901. The lowest BCUT2D eigenvalue weighted by Crippen LogP contribution is -2.38. The smallest absolute Gasteiger partial charge is 0.206 e. The lowest BCUT2D eigenvalue weighted by atomic mass is 10.2. The lowest BCUT2D eigenvalue weighted by molar-refractivity contribution is 0.336. The predicted molar refractivity (Wildman–Crippen MR) is 75.7 cm³/mol. The first-order valence-corrected chi connectivity index (χ1v) is 9.05. The summed E-state index contributed by atoms with van der Waals surface area (Å²) in [6.07, 6.45) is 4.24. The highest BCUT2D eigenvalue weighted by Gasteiger charge is 2.32. The molecule has 0 bridgehead atoms. The van der Waals surface area contributed by atoms with Gasteiger partial charge in [-0.15, -0.1) is 22.9 Å². The van der Waals surface area contributed by atoms with Crippen molar-refractivity contribution in [2.45, 2.75) is 48.7 Å². The molecule has 0 aromatic carbocycles. The van der Waals surface area contributed by atoms with E-state index in [2.05, 4.69) is 0 Å². The van der Waals surface area contributed by atoms with Gasteiger partial charge in [-0.25, -0.2) is 8.42 Å². The summed E-state index contributed by atoms with van der Waals surface area (Å²) < 4.78 is 27.2. The van der Waals surface area contributed by atoms with Gasteiger partial charge >= 0.3 is 0 Å². The van der Waals surface area contributed by atoms with Crippen molar-refractivity contribution in [3.8, 4) is 0 Å². The van der Waals surface area contributed by atoms with E-state index >= 15 is 0 Å². The minimum atomic E-state index is -3.33. The molecule has 0 unspecified atom stereocenters. The van der Waals surface area contributed by atoms with Gasteiger partial charge in [0.25, 0.3) is 10.0 Å². The molecule has 1 aromatic rings. The Morgan fingerprint density at radius 2 is 2.06 bits per heavy atom. The fourth-order valence-corrected chi connectivity index (χ4v) is 5.78. The quantitative estimate of drug-likeness (QED) is 0.781. The number of halogens is 1. The molecular formula is C12H18ClNO2S2. The standard InChI is InChI=1S/C12H18ClNO2S2/c1-2-14(10-5-3-4-6-10)18(15,16)12-8-7-11(9-13)17-12/h7-8,10H,2-6,9H2,1H3. The normalized spacial score (nSPS) is 17.7. The highest BCUT2D eigenvalue weighted by atomic mass is 35.5. The van der Waals surface area contributed by atoms with Crippen LogP contribution in [0.1, 0.15) is 37.5 Å². The zero-order valence-corrected chi connectivity index (χ0v) is 12.8. The van der Waals surface area contributed by atoms with Crippen LogP contribution >= 0.6 is 22.9 Å². The maximum atomic E-state index is 12.6. The van der Waals surface area contributed by atoms with Crippen LogP contribution in [0.5, 0.6) is 0 Å². The zero-order valence-electron chi connectivity index (χ0n) is 10.4. The van der Waals surface area contributed by atoms with Gasteiger partial charge in [-0.3, -0.25) is 0 Å². The monoisotopic (exact) mass is 307 g/mol. The number of alkyl halides is 1. The Labute approximate surface area is 118 Å². The van der Waals surface area contributed by atoms with Crippen LogP contribution in [0.25, 0.3) is 0 Å². The molecule has 1 saturated carbocycles. The van der Waals surface area contributed by atoms with Crippen molar-refractivity contribution in [3.05, 3.63) is 17.0 Å². The Morgan fingerprint density at radius 3 is 2.56 bits per heavy atom. The van der Waals surface area contributed by atoms with Crippen LogP contribution in [0.4, 0.5) is 0 Å². The van der Waals surface area contributed by atoms with Crippen LogP contribution in [0.2, 0.25) is 0 Å². The van der Waals surface area contributed by atoms with E-state index in [-0.39, 0.29) is 6.04 Å². The Morgan fingerprint density at radius 1 is 1.39 bits per heavy atom. The molecule has 3 nitrogen and oxygen atoms in total. The van der Waals surface area contributed by atoms with Gasteiger partial charge in [0, 0.05) is 17.5 Å². The third-order valence-corrected chi connectivity index (χ3v) is 7.40. The van der Waals surface area contributed by atoms with Gasteiger partial charge in [-0.2, -0.15) is 4.31 Å². The van der Waals surface area contributed by atoms with E-state index in [4.69, 9.17) is 11.6 Å². The van der Waals surface area contributed by atoms with Crippen molar-refractivity contribution < 1.29 is 8.42 Å². The molecule has 1 aliphatic rings. The molecule has 1 aliphatic carbocycles. The third kappa shape index (κ3) is 2.74. The van der Waals surface area contributed by atoms with Crippen LogP contribution in [0.15, 0.2) is 16.3 Å². The van der Waals surface area contributed by atoms with Crippen molar-refractivity contribution in [1.82, 2.24) is 4.31 Å². The summed E-state index contributed by atoms with van der Waals surface area (Å²) in [5.41, 5.74) is 0. The fourth-order valence-electron chi connectivity index (χ4n) is 2.50. The SMILES string of the molecule is CCN(C1CCCC1)S(=O)(=O)c1ccc(CCl)s1. The summed E-state index contributed by atoms with van der Waals surface area (Å²) >= 11 is 7.01. The summed E-state index contributed by atoms with van der Waals surface area (Å²) in [6, 6.07) is 3.66. The second kappa shape index (κ2) is 5.90. The molecule has 1 heterocycles. The van der Waals surface area contributed by atoms with Crippen molar-refractivity contribution >= 4 is 33.0 Å². The number of rotatable bonds is 5. The van der Waals surface area contributed by atoms with Crippen molar-refractivity contribution in [2.75, 3.05) is 6.54 Å². The lowest BCUT2D eigenvalue weighted by Gasteiger charge is -2.25. The summed E-state index contributed by atoms with van der Waals surface area (Å²) in [6.45, 7) is 2.45. The minimum Gasteiger partial charge on any atom is -0.206 e. The first-order chi connectivity index (χ1) is 8.59. The Kier molecular flexibility index (Phi) is 4.69. The van der Waals surface area contributed by atoms with E-state index in [0.29, 0.717) is 16.6 Å². The van der Waals surface area contributed by atoms with Gasteiger partial charge < -0.3 is 0 Å². The molecule has 1 fully saturated rings. The van der Waals surface area contributed by atoms with Gasteiger partial charge in [0.05, 0.1) is 5.88 Å². The van der Waals surface area contributed by atoms with Crippen molar-refractivity contribution in [3.63, 3.8) is 0 Å². The molecule has 2 rings (SSSR count). The largest absolute Gasteiger partial charge is 0.252 e. The maximum absolute atomic E-state index is 12.6. The van der Waals surface area contributed by atoms with Crippen LogP contribution in [0.3, 0.4) is 0 Å². The molecule has 0 amide bonds. The van der Waals surface area contributed by atoms with Gasteiger partial charge in [-0.1, -0.05) is 19.8 Å². The first-order valence-electron chi connectivity index (χ1n) is 6.26. The molecule has 0 atom stereocenters. The van der Waals surface area contributed by atoms with Crippen LogP contribution in [-0.2, 0) is 15.9 Å². The molecular weight excluding hydrogens is 290 g/mol. The van der Waals surface area contributed by atoms with E-state index in [1.165, 1.54) is 11.3 Å². The third-order valence-electron chi connectivity index (χ3n) is 3.38. The average Bonchev–Trinajstić information content (AvgIpc) is 3.00. The van der Waals surface area contributed by atoms with Gasteiger partial charge in [-0.05, 0) is 25.0 Å². The first kappa shape index (κ1) is 14.3. The van der Waals surface area contributed by atoms with Crippen LogP contribution in [0, 0.1) is 0 Å². The molecule has 0 spiro atoms. The van der Waals surface area contributed by atoms with E-state index in [0.717, 1.165) is 30.6 Å². The van der Waals surface area contributed by atoms with Gasteiger partial charge in [0.15, 0.2) is 0 Å². The van der Waals surface area contributed by atoms with Crippen LogP contribution < -0.4 is 0 Å². The maximum Gasteiger partial charge on any atom is 0.252 e. The summed E-state index contributed by atoms with van der Waals surface area (Å²) in [5, 5.41) is 0. The number of thiophene rings is 1. The Bertz CT molecular complexity index is 492. The van der Waals surface area contributed by atoms with E-state index < -0.39 is 10.0 Å². The molecule has 0 radical (unpaired) electrons. The molecule has 102 valence electrons. The number of hydrogen-bond donors (Lipinski definition) is 0. The fraction of sp³-hybridized carbons (Fsp3) is 0.667. The molecule has 0 aliphatic heterocycles.